The Morgan fingerprint density at radius 1 is 1.12 bits per heavy atom. The highest BCUT2D eigenvalue weighted by molar-refractivity contribution is 7.89. The van der Waals surface area contributed by atoms with Crippen LogP contribution in [0.25, 0.3) is 0 Å². The molecule has 24 heavy (non-hydrogen) atoms. The molecule has 1 N–H and O–H groups in total. The second kappa shape index (κ2) is 8.63. The van der Waals surface area contributed by atoms with Crippen LogP contribution in [-0.4, -0.2) is 66.2 Å². The molecule has 2 aliphatic rings. The van der Waals surface area contributed by atoms with Crippen LogP contribution in [0.4, 0.5) is 0 Å². The summed E-state index contributed by atoms with van der Waals surface area (Å²) in [6.07, 6.45) is 5.35. The van der Waals surface area contributed by atoms with Gasteiger partial charge in [0.1, 0.15) is 0 Å². The Hall–Kier alpha value is -0.660. The Kier molecular flexibility index (Phi) is 7.07. The molecule has 2 atom stereocenters. The van der Waals surface area contributed by atoms with E-state index < -0.39 is 16.1 Å². The van der Waals surface area contributed by atoms with Crippen LogP contribution < -0.4 is 0 Å². The van der Waals surface area contributed by atoms with Gasteiger partial charge in [-0.1, -0.05) is 19.8 Å². The lowest BCUT2D eigenvalue weighted by atomic mass is 9.89. The average molecular weight is 361 g/mol. The highest BCUT2D eigenvalue weighted by Gasteiger charge is 2.37. The van der Waals surface area contributed by atoms with Gasteiger partial charge in [0.25, 0.3) is 0 Å². The molecule has 0 aromatic heterocycles. The average Bonchev–Trinajstić information content (AvgIpc) is 2.60. The molecule has 0 aromatic carbocycles. The van der Waals surface area contributed by atoms with E-state index in [2.05, 4.69) is 0 Å². The second-order valence-electron chi connectivity index (χ2n) is 7.02. The van der Waals surface area contributed by atoms with Crippen molar-refractivity contribution in [3.05, 3.63) is 0 Å². The van der Waals surface area contributed by atoms with Gasteiger partial charge in [0.05, 0.1) is 17.9 Å². The van der Waals surface area contributed by atoms with Gasteiger partial charge >= 0.3 is 0 Å². The third kappa shape index (κ3) is 4.49. The van der Waals surface area contributed by atoms with Crippen molar-refractivity contribution in [3.63, 3.8) is 0 Å². The monoisotopic (exact) mass is 360 g/mol. The largest absolute Gasteiger partial charge is 0.391 e. The number of hydrogen-bond donors (Lipinski definition) is 1. The topological polar surface area (TPSA) is 77.9 Å². The third-order valence-corrected chi connectivity index (χ3v) is 7.28. The van der Waals surface area contributed by atoms with Gasteiger partial charge in [-0.05, 0) is 39.0 Å². The summed E-state index contributed by atoms with van der Waals surface area (Å²) in [5, 5.41) is 10.3. The molecule has 0 bridgehead atoms. The molecular formula is C17H32N2O4S. The molecule has 1 saturated heterocycles. The van der Waals surface area contributed by atoms with Crippen LogP contribution in [0.5, 0.6) is 0 Å². The first-order chi connectivity index (χ1) is 11.4. The molecule has 1 heterocycles. The van der Waals surface area contributed by atoms with E-state index in [0.29, 0.717) is 32.5 Å². The Morgan fingerprint density at radius 2 is 1.75 bits per heavy atom. The Labute approximate surface area is 146 Å². The minimum Gasteiger partial charge on any atom is -0.391 e. The van der Waals surface area contributed by atoms with Gasteiger partial charge in [-0.15, -0.1) is 0 Å². The van der Waals surface area contributed by atoms with E-state index in [1.807, 2.05) is 11.8 Å². The normalized spacial score (nSPS) is 27.1. The van der Waals surface area contributed by atoms with Crippen LogP contribution >= 0.6 is 0 Å². The predicted molar refractivity (Wildman–Crippen MR) is 94.0 cm³/mol. The van der Waals surface area contributed by atoms with Crippen molar-refractivity contribution in [1.29, 1.82) is 0 Å². The van der Waals surface area contributed by atoms with Crippen LogP contribution in [0, 0.1) is 5.92 Å². The second-order valence-corrected chi connectivity index (χ2v) is 9.28. The molecule has 0 radical (unpaired) electrons. The van der Waals surface area contributed by atoms with E-state index >= 15 is 0 Å². The fourth-order valence-electron chi connectivity index (χ4n) is 3.93. The van der Waals surface area contributed by atoms with Crippen LogP contribution in [0.3, 0.4) is 0 Å². The fraction of sp³-hybridized carbons (Fsp3) is 0.941. The molecule has 0 spiro atoms. The standard InChI is InChI=1S/C17H32N2O4S/c1-3-11-19(15-7-5-6-8-16(15)20)17(21)14-9-12-18(13-10-14)24(22,23)4-2/h14-16,20H,3-13H2,1-2H3/t15-,16-/m1/s1. The molecule has 140 valence electrons. The third-order valence-electron chi connectivity index (χ3n) is 5.40. The molecule has 0 unspecified atom stereocenters. The van der Waals surface area contributed by atoms with E-state index in [0.717, 1.165) is 32.1 Å². The molecule has 6 nitrogen and oxygen atoms in total. The summed E-state index contributed by atoms with van der Waals surface area (Å²) in [6, 6.07) is -0.0661. The molecule has 1 aliphatic carbocycles. The van der Waals surface area contributed by atoms with Crippen molar-refractivity contribution in [1.82, 2.24) is 9.21 Å². The van der Waals surface area contributed by atoms with Gasteiger partial charge in [-0.2, -0.15) is 0 Å². The van der Waals surface area contributed by atoms with Crippen molar-refractivity contribution < 1.29 is 18.3 Å². The minimum atomic E-state index is -3.16. The Balaban J connectivity index is 2.00. The zero-order valence-corrected chi connectivity index (χ0v) is 15.8. The summed E-state index contributed by atoms with van der Waals surface area (Å²) in [6.45, 7) is 5.24. The number of aliphatic hydroxyl groups is 1. The van der Waals surface area contributed by atoms with Crippen molar-refractivity contribution in [2.45, 2.75) is 70.9 Å². The van der Waals surface area contributed by atoms with E-state index in [4.69, 9.17) is 0 Å². The lowest BCUT2D eigenvalue weighted by molar-refractivity contribution is -0.143. The number of nitrogens with zero attached hydrogens (tertiary/aromatic N) is 2. The number of carbonyl (C=O) groups is 1. The van der Waals surface area contributed by atoms with Crippen molar-refractivity contribution in [3.8, 4) is 0 Å². The number of rotatable bonds is 6. The van der Waals surface area contributed by atoms with Gasteiger partial charge in [-0.25, -0.2) is 12.7 Å². The minimum absolute atomic E-state index is 0.0661. The summed E-state index contributed by atoms with van der Waals surface area (Å²) in [5.41, 5.74) is 0. The van der Waals surface area contributed by atoms with Gasteiger partial charge in [0.2, 0.25) is 15.9 Å². The van der Waals surface area contributed by atoms with E-state index in [1.54, 1.807) is 6.92 Å². The summed E-state index contributed by atoms with van der Waals surface area (Å²) in [5.74, 6) is 0.104. The van der Waals surface area contributed by atoms with Gasteiger partial charge in [0, 0.05) is 25.6 Å². The number of aliphatic hydroxyl groups excluding tert-OH is 1. The van der Waals surface area contributed by atoms with Crippen LogP contribution in [-0.2, 0) is 14.8 Å². The smallest absolute Gasteiger partial charge is 0.226 e. The Morgan fingerprint density at radius 3 is 2.29 bits per heavy atom. The first kappa shape index (κ1) is 19.7. The summed E-state index contributed by atoms with van der Waals surface area (Å²) in [4.78, 5) is 14.9. The molecule has 7 heteroatoms. The maximum absolute atomic E-state index is 13.0. The molecule has 0 aromatic rings. The lowest BCUT2D eigenvalue weighted by Gasteiger charge is -2.40. The summed E-state index contributed by atoms with van der Waals surface area (Å²) < 4.78 is 25.4. The summed E-state index contributed by atoms with van der Waals surface area (Å²) in [7, 11) is -3.16. The van der Waals surface area contributed by atoms with Crippen LogP contribution in [0.2, 0.25) is 0 Å². The molecule has 2 rings (SSSR count). The van der Waals surface area contributed by atoms with Gasteiger partial charge in [0.15, 0.2) is 0 Å². The van der Waals surface area contributed by atoms with Crippen molar-refractivity contribution >= 4 is 15.9 Å². The van der Waals surface area contributed by atoms with Crippen LogP contribution in [0.1, 0.15) is 58.8 Å². The molecular weight excluding hydrogens is 328 g/mol. The van der Waals surface area contributed by atoms with Crippen molar-refractivity contribution in [2.24, 2.45) is 5.92 Å². The first-order valence-corrected chi connectivity index (χ1v) is 11.0. The van der Waals surface area contributed by atoms with E-state index in [-0.39, 0.29) is 23.6 Å². The molecule has 1 saturated carbocycles. The lowest BCUT2D eigenvalue weighted by Crippen LogP contribution is -2.52. The number of piperidine rings is 1. The molecule has 1 amide bonds. The van der Waals surface area contributed by atoms with E-state index in [9.17, 15) is 18.3 Å². The van der Waals surface area contributed by atoms with E-state index in [1.165, 1.54) is 4.31 Å². The number of amides is 1. The fourth-order valence-corrected chi connectivity index (χ4v) is 5.07. The van der Waals surface area contributed by atoms with Crippen molar-refractivity contribution in [2.75, 3.05) is 25.4 Å². The maximum Gasteiger partial charge on any atom is 0.226 e. The Bertz CT molecular complexity index is 515. The molecule has 2 fully saturated rings. The van der Waals surface area contributed by atoms with Gasteiger partial charge in [-0.3, -0.25) is 4.79 Å². The predicted octanol–water partition coefficient (Wildman–Crippen LogP) is 1.59. The van der Waals surface area contributed by atoms with Gasteiger partial charge < -0.3 is 10.0 Å². The number of sulfonamides is 1. The van der Waals surface area contributed by atoms with Crippen LogP contribution in [0.15, 0.2) is 0 Å². The SMILES string of the molecule is CCCN(C(=O)C1CCN(S(=O)(=O)CC)CC1)[C@@H]1CCCC[C@H]1O. The molecule has 1 aliphatic heterocycles. The quantitative estimate of drug-likeness (QED) is 0.780. The highest BCUT2D eigenvalue weighted by atomic mass is 32.2. The number of carbonyl (C=O) groups excluding carboxylic acids is 1. The zero-order valence-electron chi connectivity index (χ0n) is 15.0. The first-order valence-electron chi connectivity index (χ1n) is 9.37. The summed E-state index contributed by atoms with van der Waals surface area (Å²) >= 11 is 0. The maximum atomic E-state index is 13.0. The zero-order chi connectivity index (χ0) is 17.7. The number of hydrogen-bond acceptors (Lipinski definition) is 4. The highest BCUT2D eigenvalue weighted by Crippen LogP contribution is 2.28.